The zero-order chi connectivity index (χ0) is 19.9. The molecule has 0 amide bonds. The predicted molar refractivity (Wildman–Crippen MR) is 109 cm³/mol. The van der Waals surface area contributed by atoms with Gasteiger partial charge in [-0.15, -0.1) is 0 Å². The van der Waals surface area contributed by atoms with Gasteiger partial charge in [-0.05, 0) is 54.8 Å². The Morgan fingerprint density at radius 3 is 2.18 bits per heavy atom. The Bertz CT molecular complexity index is 721. The van der Waals surface area contributed by atoms with Crippen molar-refractivity contribution in [2.24, 2.45) is 0 Å². The number of benzene rings is 2. The van der Waals surface area contributed by atoms with Crippen LogP contribution < -0.4 is 0 Å². The molecule has 1 heterocycles. The number of halogens is 2. The lowest BCUT2D eigenvalue weighted by atomic mass is 10.0. The summed E-state index contributed by atoms with van der Waals surface area (Å²) in [6, 6.07) is 15.2. The quantitative estimate of drug-likeness (QED) is 0.615. The number of piperidine rings is 1. The third kappa shape index (κ3) is 6.11. The average molecular weight is 424 g/mol. The number of carboxylic acid groups (broad SMARTS) is 1. The Hall–Kier alpha value is -1.79. The van der Waals surface area contributed by atoms with E-state index in [2.05, 4.69) is 4.90 Å². The molecule has 0 bridgehead atoms. The second-order valence-electron chi connectivity index (χ2n) is 6.80. The molecule has 1 aliphatic heterocycles. The third-order valence-corrected chi connectivity index (χ3v) is 5.27. The van der Waals surface area contributed by atoms with Crippen LogP contribution in [0, 0.1) is 0 Å². The summed E-state index contributed by atoms with van der Waals surface area (Å²) in [5.41, 5.74) is 2.02. The number of hydrogen-bond donors (Lipinski definition) is 1. The Kier molecular flexibility index (Phi) is 7.57. The zero-order valence-electron chi connectivity index (χ0n) is 15.4. The molecular formula is C21H23Cl2NO4. The zero-order valence-corrected chi connectivity index (χ0v) is 16.9. The van der Waals surface area contributed by atoms with E-state index < -0.39 is 6.16 Å². The van der Waals surface area contributed by atoms with Gasteiger partial charge in [0.1, 0.15) is 12.2 Å². The van der Waals surface area contributed by atoms with Crippen molar-refractivity contribution >= 4 is 29.4 Å². The van der Waals surface area contributed by atoms with Crippen LogP contribution in [0.3, 0.4) is 0 Å². The summed E-state index contributed by atoms with van der Waals surface area (Å²) < 4.78 is 11.1. The van der Waals surface area contributed by atoms with Crippen molar-refractivity contribution in [2.45, 2.75) is 25.0 Å². The highest BCUT2D eigenvalue weighted by Crippen LogP contribution is 2.28. The summed E-state index contributed by atoms with van der Waals surface area (Å²) in [6.45, 7) is 2.73. The maximum Gasteiger partial charge on any atom is 0.506 e. The normalized spacial score (nSPS) is 17.6. The van der Waals surface area contributed by atoms with Crippen molar-refractivity contribution in [3.05, 3.63) is 69.7 Å². The van der Waals surface area contributed by atoms with E-state index in [1.54, 1.807) is 0 Å². The molecule has 1 fully saturated rings. The molecule has 3 rings (SSSR count). The molecule has 1 atom stereocenters. The molecule has 1 unspecified atom stereocenters. The first kappa shape index (κ1) is 20.9. The van der Waals surface area contributed by atoms with Crippen LogP contribution in [-0.2, 0) is 9.47 Å². The van der Waals surface area contributed by atoms with Crippen molar-refractivity contribution in [3.63, 3.8) is 0 Å². The molecule has 1 saturated heterocycles. The molecule has 0 aromatic heterocycles. The molecule has 2 aromatic rings. The van der Waals surface area contributed by atoms with Gasteiger partial charge >= 0.3 is 6.16 Å². The minimum Gasteiger partial charge on any atom is -0.450 e. The summed E-state index contributed by atoms with van der Waals surface area (Å²) in [5.74, 6) is 0. The van der Waals surface area contributed by atoms with Gasteiger partial charge in [-0.1, -0.05) is 47.5 Å². The van der Waals surface area contributed by atoms with Crippen LogP contribution in [0.15, 0.2) is 48.5 Å². The maximum atomic E-state index is 10.8. The molecular weight excluding hydrogens is 401 g/mol. The van der Waals surface area contributed by atoms with Crippen LogP contribution in [0.4, 0.5) is 4.79 Å². The van der Waals surface area contributed by atoms with E-state index in [4.69, 9.17) is 37.8 Å². The fraction of sp³-hybridized carbons (Fsp3) is 0.381. The number of likely N-dealkylation sites (tertiary alicyclic amines) is 1. The van der Waals surface area contributed by atoms with Crippen LogP contribution in [0.5, 0.6) is 0 Å². The minimum atomic E-state index is -1.21. The highest BCUT2D eigenvalue weighted by atomic mass is 35.5. The van der Waals surface area contributed by atoms with Crippen LogP contribution in [0.1, 0.15) is 30.1 Å². The number of nitrogens with zero attached hydrogens (tertiary/aromatic N) is 1. The van der Waals surface area contributed by atoms with Gasteiger partial charge in [0.2, 0.25) is 0 Å². The Labute approximate surface area is 174 Å². The van der Waals surface area contributed by atoms with Crippen molar-refractivity contribution < 1.29 is 19.4 Å². The molecule has 0 saturated carbocycles. The van der Waals surface area contributed by atoms with Crippen molar-refractivity contribution in [2.75, 3.05) is 26.2 Å². The third-order valence-electron chi connectivity index (χ3n) is 4.77. The van der Waals surface area contributed by atoms with E-state index in [-0.39, 0.29) is 12.2 Å². The monoisotopic (exact) mass is 423 g/mol. The summed E-state index contributed by atoms with van der Waals surface area (Å²) >= 11 is 12.0. The second kappa shape index (κ2) is 10.1. The molecule has 150 valence electrons. The Balaban J connectivity index is 1.62. The van der Waals surface area contributed by atoms with Gasteiger partial charge in [0.25, 0.3) is 0 Å². The van der Waals surface area contributed by atoms with E-state index in [0.29, 0.717) is 29.7 Å². The summed E-state index contributed by atoms with van der Waals surface area (Å²) in [4.78, 5) is 12.9. The number of carbonyl (C=O) groups is 1. The fourth-order valence-electron chi connectivity index (χ4n) is 3.41. The minimum absolute atomic E-state index is 0.231. The van der Waals surface area contributed by atoms with Crippen LogP contribution in [0.25, 0.3) is 0 Å². The summed E-state index contributed by atoms with van der Waals surface area (Å²) in [5, 5.41) is 10.2. The first-order valence-electron chi connectivity index (χ1n) is 9.26. The number of rotatable bonds is 7. The van der Waals surface area contributed by atoms with Gasteiger partial charge in [-0.25, -0.2) is 4.79 Å². The van der Waals surface area contributed by atoms with E-state index in [0.717, 1.165) is 30.5 Å². The summed E-state index contributed by atoms with van der Waals surface area (Å²) in [7, 11) is 0. The van der Waals surface area contributed by atoms with Gasteiger partial charge in [0, 0.05) is 23.1 Å². The lowest BCUT2D eigenvalue weighted by Crippen LogP contribution is -2.42. The van der Waals surface area contributed by atoms with E-state index in [9.17, 15) is 4.79 Å². The molecule has 7 heteroatoms. The lowest BCUT2D eigenvalue weighted by Gasteiger charge is -2.32. The molecule has 5 nitrogen and oxygen atoms in total. The van der Waals surface area contributed by atoms with Crippen molar-refractivity contribution in [1.29, 1.82) is 0 Å². The second-order valence-corrected chi connectivity index (χ2v) is 7.68. The standard InChI is InChI=1S/C21H23Cl2NO4/c22-17-7-3-15(4-8-17)20(16-5-9-18(23)10-6-16)27-13-12-24-11-1-2-19(14-24)28-21(25)26/h3-10,19-20H,1-2,11-14H2,(H,25,26). The molecule has 1 aliphatic rings. The molecule has 0 spiro atoms. The number of ether oxygens (including phenoxy) is 2. The van der Waals surface area contributed by atoms with Crippen LogP contribution in [-0.4, -0.2) is 48.5 Å². The van der Waals surface area contributed by atoms with E-state index in [1.807, 2.05) is 48.5 Å². The average Bonchev–Trinajstić information content (AvgIpc) is 2.67. The first-order chi connectivity index (χ1) is 13.5. The molecule has 2 aromatic carbocycles. The first-order valence-corrected chi connectivity index (χ1v) is 10.0. The Morgan fingerprint density at radius 2 is 1.64 bits per heavy atom. The predicted octanol–water partition coefficient (Wildman–Crippen LogP) is 5.26. The van der Waals surface area contributed by atoms with Gasteiger partial charge in [-0.2, -0.15) is 0 Å². The molecule has 0 radical (unpaired) electrons. The van der Waals surface area contributed by atoms with Crippen LogP contribution >= 0.6 is 23.2 Å². The molecule has 0 aliphatic carbocycles. The number of hydrogen-bond acceptors (Lipinski definition) is 4. The molecule has 1 N–H and O–H groups in total. The smallest absolute Gasteiger partial charge is 0.450 e. The highest BCUT2D eigenvalue weighted by Gasteiger charge is 2.23. The molecule has 28 heavy (non-hydrogen) atoms. The highest BCUT2D eigenvalue weighted by molar-refractivity contribution is 6.30. The van der Waals surface area contributed by atoms with Gasteiger partial charge in [-0.3, -0.25) is 4.90 Å². The van der Waals surface area contributed by atoms with Crippen molar-refractivity contribution in [1.82, 2.24) is 4.90 Å². The van der Waals surface area contributed by atoms with E-state index >= 15 is 0 Å². The lowest BCUT2D eigenvalue weighted by molar-refractivity contribution is 0.000383. The van der Waals surface area contributed by atoms with Gasteiger partial charge in [0.05, 0.1) is 6.61 Å². The van der Waals surface area contributed by atoms with E-state index in [1.165, 1.54) is 0 Å². The largest absolute Gasteiger partial charge is 0.506 e. The van der Waals surface area contributed by atoms with Gasteiger partial charge < -0.3 is 14.6 Å². The van der Waals surface area contributed by atoms with Crippen molar-refractivity contribution in [3.8, 4) is 0 Å². The fourth-order valence-corrected chi connectivity index (χ4v) is 3.67. The Morgan fingerprint density at radius 1 is 1.07 bits per heavy atom. The van der Waals surface area contributed by atoms with Crippen LogP contribution in [0.2, 0.25) is 10.0 Å². The van der Waals surface area contributed by atoms with Gasteiger partial charge in [0.15, 0.2) is 0 Å². The maximum absolute atomic E-state index is 10.8. The topological polar surface area (TPSA) is 59.0 Å². The summed E-state index contributed by atoms with van der Waals surface area (Å²) in [6.07, 6.45) is -0.0361. The SMILES string of the molecule is O=C(O)OC1CCCN(CCOC(c2ccc(Cl)cc2)c2ccc(Cl)cc2)C1.